The molecule has 0 aliphatic carbocycles. The van der Waals surface area contributed by atoms with Crippen molar-refractivity contribution in [1.82, 2.24) is 0 Å². The van der Waals surface area contributed by atoms with Crippen LogP contribution < -0.4 is 5.32 Å². The molecule has 0 saturated heterocycles. The molecule has 0 fully saturated rings. The summed E-state index contributed by atoms with van der Waals surface area (Å²) in [5, 5.41) is 2.79. The second-order valence-corrected chi connectivity index (χ2v) is 5.94. The number of methoxy groups -OCH3 is 1. The Kier molecular flexibility index (Phi) is 6.94. The van der Waals surface area contributed by atoms with Crippen molar-refractivity contribution in [3.8, 4) is 0 Å². The van der Waals surface area contributed by atoms with Crippen molar-refractivity contribution in [2.24, 2.45) is 5.92 Å². The van der Waals surface area contributed by atoms with E-state index < -0.39 is 0 Å². The lowest BCUT2D eigenvalue weighted by atomic mass is 10.2. The summed E-state index contributed by atoms with van der Waals surface area (Å²) in [6, 6.07) is 7.40. The Morgan fingerprint density at radius 3 is 2.84 bits per heavy atom. The number of hydrogen-bond donors (Lipinski definition) is 1. The number of amides is 1. The molecule has 0 saturated carbocycles. The van der Waals surface area contributed by atoms with Crippen molar-refractivity contribution in [3.05, 3.63) is 28.7 Å². The van der Waals surface area contributed by atoms with E-state index >= 15 is 0 Å². The summed E-state index contributed by atoms with van der Waals surface area (Å²) >= 11 is 4.75. The number of carbonyl (C=O) groups excluding carboxylic acids is 2. The number of benzene rings is 1. The average molecular weight is 346 g/mol. The number of hydrogen-bond acceptors (Lipinski definition) is 4. The smallest absolute Gasteiger partial charge is 0.309 e. The maximum Gasteiger partial charge on any atom is 0.309 e. The van der Waals surface area contributed by atoms with E-state index in [1.807, 2.05) is 24.3 Å². The number of halogens is 1. The zero-order valence-electron chi connectivity index (χ0n) is 10.8. The van der Waals surface area contributed by atoms with E-state index in [4.69, 9.17) is 0 Å². The van der Waals surface area contributed by atoms with Crippen LogP contribution in [-0.2, 0) is 14.3 Å². The lowest BCUT2D eigenvalue weighted by Crippen LogP contribution is -2.18. The Hall–Kier alpha value is -1.01. The van der Waals surface area contributed by atoms with Crippen LogP contribution in [0.15, 0.2) is 28.7 Å². The van der Waals surface area contributed by atoms with Gasteiger partial charge in [-0.2, -0.15) is 11.8 Å². The SMILES string of the molecule is COC(=O)C(C)CSCC(=O)Nc1cccc(Br)c1. The Labute approximate surface area is 125 Å². The van der Waals surface area contributed by atoms with Gasteiger partial charge in [-0.3, -0.25) is 9.59 Å². The van der Waals surface area contributed by atoms with Crippen molar-refractivity contribution in [2.45, 2.75) is 6.92 Å². The molecule has 19 heavy (non-hydrogen) atoms. The van der Waals surface area contributed by atoms with Gasteiger partial charge in [0.2, 0.25) is 5.91 Å². The quantitative estimate of drug-likeness (QED) is 0.805. The molecule has 0 bridgehead atoms. The summed E-state index contributed by atoms with van der Waals surface area (Å²) in [5.74, 6) is 0.348. The number of nitrogens with one attached hydrogen (secondary N) is 1. The fraction of sp³-hybridized carbons (Fsp3) is 0.385. The van der Waals surface area contributed by atoms with E-state index in [0.29, 0.717) is 11.5 Å². The topological polar surface area (TPSA) is 55.4 Å². The van der Waals surface area contributed by atoms with Crippen molar-refractivity contribution < 1.29 is 14.3 Å². The van der Waals surface area contributed by atoms with Gasteiger partial charge in [-0.15, -0.1) is 0 Å². The van der Waals surface area contributed by atoms with E-state index in [-0.39, 0.29) is 17.8 Å². The summed E-state index contributed by atoms with van der Waals surface area (Å²) in [6.07, 6.45) is 0. The molecule has 6 heteroatoms. The second-order valence-electron chi connectivity index (χ2n) is 4.00. The van der Waals surface area contributed by atoms with Gasteiger partial charge in [-0.05, 0) is 18.2 Å². The molecular weight excluding hydrogens is 330 g/mol. The van der Waals surface area contributed by atoms with Crippen LogP contribution >= 0.6 is 27.7 Å². The third-order valence-electron chi connectivity index (χ3n) is 2.31. The minimum atomic E-state index is -0.250. The summed E-state index contributed by atoms with van der Waals surface area (Å²) in [6.45, 7) is 1.78. The molecule has 1 rings (SSSR count). The zero-order chi connectivity index (χ0) is 14.3. The summed E-state index contributed by atoms with van der Waals surface area (Å²) in [4.78, 5) is 22.9. The summed E-state index contributed by atoms with van der Waals surface area (Å²) in [5.41, 5.74) is 0.751. The van der Waals surface area contributed by atoms with Crippen LogP contribution in [0.4, 0.5) is 5.69 Å². The lowest BCUT2D eigenvalue weighted by molar-refractivity contribution is -0.144. The van der Waals surface area contributed by atoms with E-state index in [9.17, 15) is 9.59 Å². The zero-order valence-corrected chi connectivity index (χ0v) is 13.2. The van der Waals surface area contributed by atoms with Gasteiger partial charge in [0.05, 0.1) is 18.8 Å². The minimum Gasteiger partial charge on any atom is -0.469 e. The standard InChI is InChI=1S/C13H16BrNO3S/c1-9(13(17)18-2)7-19-8-12(16)15-11-5-3-4-10(14)6-11/h3-6,9H,7-8H2,1-2H3,(H,15,16). The molecule has 4 nitrogen and oxygen atoms in total. The molecule has 0 aliphatic rings. The van der Waals surface area contributed by atoms with E-state index in [1.54, 1.807) is 6.92 Å². The Bertz CT molecular complexity index is 453. The molecule has 0 spiro atoms. The van der Waals surface area contributed by atoms with Crippen molar-refractivity contribution >= 4 is 45.3 Å². The van der Waals surface area contributed by atoms with Crippen LogP contribution in [0.3, 0.4) is 0 Å². The molecule has 0 heterocycles. The first-order valence-electron chi connectivity index (χ1n) is 5.74. The largest absolute Gasteiger partial charge is 0.469 e. The third kappa shape index (κ3) is 6.11. The van der Waals surface area contributed by atoms with Gasteiger partial charge in [0.15, 0.2) is 0 Å². The number of esters is 1. The van der Waals surface area contributed by atoms with Crippen LogP contribution in [0.25, 0.3) is 0 Å². The second kappa shape index (κ2) is 8.22. The van der Waals surface area contributed by atoms with Gasteiger partial charge in [0, 0.05) is 15.9 Å². The predicted octanol–water partition coefficient (Wildman–Crippen LogP) is 2.93. The monoisotopic (exact) mass is 345 g/mol. The van der Waals surface area contributed by atoms with E-state index in [1.165, 1.54) is 18.9 Å². The van der Waals surface area contributed by atoms with Crippen molar-refractivity contribution in [2.75, 3.05) is 23.9 Å². The van der Waals surface area contributed by atoms with Crippen molar-refractivity contribution in [1.29, 1.82) is 0 Å². The highest BCUT2D eigenvalue weighted by molar-refractivity contribution is 9.10. The molecule has 0 radical (unpaired) electrons. The maximum absolute atomic E-state index is 11.7. The fourth-order valence-electron chi connectivity index (χ4n) is 1.36. The van der Waals surface area contributed by atoms with Crippen LogP contribution in [-0.4, -0.2) is 30.5 Å². The average Bonchev–Trinajstić information content (AvgIpc) is 2.37. The Morgan fingerprint density at radius 1 is 1.47 bits per heavy atom. The Balaban J connectivity index is 2.30. The first-order chi connectivity index (χ1) is 9.02. The van der Waals surface area contributed by atoms with E-state index in [0.717, 1.165) is 10.2 Å². The minimum absolute atomic E-state index is 0.0832. The number of anilines is 1. The molecule has 1 atom stereocenters. The molecule has 1 unspecified atom stereocenters. The van der Waals surface area contributed by atoms with E-state index in [2.05, 4.69) is 26.0 Å². The molecule has 0 aromatic heterocycles. The van der Waals surface area contributed by atoms with Crippen LogP contribution in [0.1, 0.15) is 6.92 Å². The Morgan fingerprint density at radius 2 is 2.21 bits per heavy atom. The van der Waals surface area contributed by atoms with Gasteiger partial charge < -0.3 is 10.1 Å². The molecule has 0 aliphatic heterocycles. The third-order valence-corrected chi connectivity index (χ3v) is 4.01. The molecule has 1 aromatic rings. The van der Waals surface area contributed by atoms with Gasteiger partial charge in [-0.25, -0.2) is 0 Å². The highest BCUT2D eigenvalue weighted by Gasteiger charge is 2.13. The van der Waals surface area contributed by atoms with Crippen molar-refractivity contribution in [3.63, 3.8) is 0 Å². The molecular formula is C13H16BrNO3S. The molecule has 1 amide bonds. The van der Waals surface area contributed by atoms with Gasteiger partial charge in [0.25, 0.3) is 0 Å². The highest BCUT2D eigenvalue weighted by atomic mass is 79.9. The molecule has 104 valence electrons. The number of rotatable bonds is 6. The summed E-state index contributed by atoms with van der Waals surface area (Å²) < 4.78 is 5.53. The first-order valence-corrected chi connectivity index (χ1v) is 7.68. The van der Waals surface area contributed by atoms with Crippen LogP contribution in [0.5, 0.6) is 0 Å². The number of carbonyl (C=O) groups is 2. The van der Waals surface area contributed by atoms with Crippen LogP contribution in [0, 0.1) is 5.92 Å². The van der Waals surface area contributed by atoms with Gasteiger partial charge in [0.1, 0.15) is 0 Å². The molecule has 1 N–H and O–H groups in total. The maximum atomic E-state index is 11.7. The lowest BCUT2D eigenvalue weighted by Gasteiger charge is -2.09. The normalized spacial score (nSPS) is 11.7. The molecule has 1 aromatic carbocycles. The number of ether oxygens (including phenoxy) is 1. The van der Waals surface area contributed by atoms with Gasteiger partial charge >= 0.3 is 5.97 Å². The van der Waals surface area contributed by atoms with Gasteiger partial charge in [-0.1, -0.05) is 28.9 Å². The predicted molar refractivity (Wildman–Crippen MR) is 81.3 cm³/mol. The fourth-order valence-corrected chi connectivity index (χ4v) is 2.63. The summed E-state index contributed by atoms with van der Waals surface area (Å²) in [7, 11) is 1.36. The van der Waals surface area contributed by atoms with Crippen LogP contribution in [0.2, 0.25) is 0 Å². The highest BCUT2D eigenvalue weighted by Crippen LogP contribution is 2.16. The number of thioether (sulfide) groups is 1. The first kappa shape index (κ1) is 16.0.